The van der Waals surface area contributed by atoms with Gasteiger partial charge in [-0.25, -0.2) is 0 Å². The molecule has 216 valence electrons. The zero-order valence-corrected chi connectivity index (χ0v) is 25.4. The molecule has 0 aliphatic carbocycles. The molecule has 3 heteroatoms. The average Bonchev–Trinajstić information content (AvgIpc) is 3.73. The number of aryl methyl sites for hydroxylation is 1. The predicted octanol–water partition coefficient (Wildman–Crippen LogP) is 11.2. The van der Waals surface area contributed by atoms with Crippen LogP contribution in [0.5, 0.6) is 0 Å². The summed E-state index contributed by atoms with van der Waals surface area (Å²) in [7, 11) is 2.19. The van der Waals surface area contributed by atoms with Crippen LogP contribution in [0.25, 0.3) is 87.9 Å². The van der Waals surface area contributed by atoms with Crippen molar-refractivity contribution in [3.63, 3.8) is 0 Å². The molecule has 0 unspecified atom stereocenters. The molecule has 46 heavy (non-hydrogen) atoms. The van der Waals surface area contributed by atoms with Crippen molar-refractivity contribution in [2.75, 3.05) is 0 Å². The van der Waals surface area contributed by atoms with Gasteiger partial charge >= 0.3 is 0 Å². The largest absolute Gasteiger partial charge is 0.344 e. The van der Waals surface area contributed by atoms with Crippen LogP contribution in [-0.2, 0) is 7.05 Å². The zero-order valence-electron chi connectivity index (χ0n) is 25.4. The molecule has 0 radical (unpaired) electrons. The molecule has 3 aromatic heterocycles. The molecule has 3 nitrogen and oxygen atoms in total. The third-order valence-electron chi connectivity index (χ3n) is 9.85. The van der Waals surface area contributed by atoms with E-state index in [9.17, 15) is 0 Å². The van der Waals surface area contributed by atoms with Crippen molar-refractivity contribution < 1.29 is 0 Å². The highest BCUT2D eigenvalue weighted by Gasteiger charge is 2.17. The van der Waals surface area contributed by atoms with Crippen molar-refractivity contribution in [2.45, 2.75) is 0 Å². The molecule has 0 aliphatic rings. The van der Waals surface area contributed by atoms with E-state index in [0.29, 0.717) is 0 Å². The molecule has 3 heterocycles. The van der Waals surface area contributed by atoms with Crippen molar-refractivity contribution in [1.29, 1.82) is 0 Å². The summed E-state index contributed by atoms with van der Waals surface area (Å²) in [4.78, 5) is 0. The zero-order chi connectivity index (χ0) is 30.4. The van der Waals surface area contributed by atoms with Crippen LogP contribution in [0.15, 0.2) is 158 Å². The molecule has 0 fully saturated rings. The lowest BCUT2D eigenvalue weighted by Gasteiger charge is -2.12. The Morgan fingerprint density at radius 3 is 1.30 bits per heavy atom. The molecule has 0 spiro atoms. The number of para-hydroxylation sites is 3. The summed E-state index contributed by atoms with van der Waals surface area (Å²) >= 11 is 0. The topological polar surface area (TPSA) is 14.8 Å². The van der Waals surface area contributed by atoms with Crippen molar-refractivity contribution >= 4 is 65.4 Å². The van der Waals surface area contributed by atoms with Gasteiger partial charge in [-0.15, -0.1) is 0 Å². The predicted molar refractivity (Wildman–Crippen MR) is 195 cm³/mol. The first-order valence-corrected chi connectivity index (χ1v) is 15.8. The maximum atomic E-state index is 2.44. The molecule has 0 N–H and O–H groups in total. The highest BCUT2D eigenvalue weighted by atomic mass is 15.0. The van der Waals surface area contributed by atoms with Crippen LogP contribution < -0.4 is 0 Å². The van der Waals surface area contributed by atoms with E-state index in [4.69, 9.17) is 0 Å². The van der Waals surface area contributed by atoms with E-state index in [-0.39, 0.29) is 0 Å². The molecule has 0 amide bonds. The van der Waals surface area contributed by atoms with Crippen molar-refractivity contribution in [3.8, 4) is 22.5 Å². The SMILES string of the molecule is Cn1c2cc(-c3ccccc3)ccc2c2ccc(-n3c4ccccc4c4ccc(-n5c6ccccc6c6ccccc65)cc43)cc21. The fourth-order valence-electron chi connectivity index (χ4n) is 7.72. The summed E-state index contributed by atoms with van der Waals surface area (Å²) in [5, 5.41) is 7.61. The third-order valence-corrected chi connectivity index (χ3v) is 9.85. The molecule has 7 aromatic carbocycles. The van der Waals surface area contributed by atoms with Crippen molar-refractivity contribution in [2.24, 2.45) is 7.05 Å². The Morgan fingerprint density at radius 2 is 0.717 bits per heavy atom. The first-order chi connectivity index (χ1) is 22.7. The van der Waals surface area contributed by atoms with Gasteiger partial charge < -0.3 is 13.7 Å². The van der Waals surface area contributed by atoms with Crippen LogP contribution in [0.2, 0.25) is 0 Å². The van der Waals surface area contributed by atoms with Crippen molar-refractivity contribution in [1.82, 2.24) is 13.7 Å². The minimum atomic E-state index is 1.16. The fourth-order valence-corrected chi connectivity index (χ4v) is 7.72. The Morgan fingerprint density at radius 1 is 0.304 bits per heavy atom. The highest BCUT2D eigenvalue weighted by molar-refractivity contribution is 6.13. The maximum Gasteiger partial charge on any atom is 0.0561 e. The number of benzene rings is 7. The Balaban J connectivity index is 1.22. The second-order valence-corrected chi connectivity index (χ2v) is 12.3. The molecule has 0 saturated carbocycles. The van der Waals surface area contributed by atoms with Crippen LogP contribution in [0, 0.1) is 0 Å². The van der Waals surface area contributed by atoms with Gasteiger partial charge in [-0.1, -0.05) is 109 Å². The van der Waals surface area contributed by atoms with Gasteiger partial charge in [0, 0.05) is 56.3 Å². The van der Waals surface area contributed by atoms with E-state index in [1.54, 1.807) is 0 Å². The van der Waals surface area contributed by atoms with Crippen molar-refractivity contribution in [3.05, 3.63) is 158 Å². The quantitative estimate of drug-likeness (QED) is 0.195. The van der Waals surface area contributed by atoms with Gasteiger partial charge in [-0.3, -0.25) is 0 Å². The second-order valence-electron chi connectivity index (χ2n) is 12.3. The molecule has 0 atom stereocenters. The molecular formula is C43H29N3. The summed E-state index contributed by atoms with van der Waals surface area (Å²) in [6.45, 7) is 0. The van der Waals surface area contributed by atoms with Crippen LogP contribution >= 0.6 is 0 Å². The van der Waals surface area contributed by atoms with Crippen LogP contribution in [0.3, 0.4) is 0 Å². The highest BCUT2D eigenvalue weighted by Crippen LogP contribution is 2.38. The number of hydrogen-bond acceptors (Lipinski definition) is 0. The van der Waals surface area contributed by atoms with E-state index < -0.39 is 0 Å². The second kappa shape index (κ2) is 9.47. The number of nitrogens with zero attached hydrogens (tertiary/aromatic N) is 3. The van der Waals surface area contributed by atoms with E-state index in [1.807, 2.05) is 0 Å². The summed E-state index contributed by atoms with van der Waals surface area (Å²) in [6, 6.07) is 57.6. The number of hydrogen-bond donors (Lipinski definition) is 0. The molecule has 10 aromatic rings. The number of aromatic nitrogens is 3. The number of rotatable bonds is 3. The fraction of sp³-hybridized carbons (Fsp3) is 0.0233. The lowest BCUT2D eigenvalue weighted by atomic mass is 10.0. The van der Waals surface area contributed by atoms with Gasteiger partial charge in [-0.05, 0) is 59.7 Å². The molecule has 10 rings (SSSR count). The Hall–Kier alpha value is -6.06. The van der Waals surface area contributed by atoms with Gasteiger partial charge in [-0.2, -0.15) is 0 Å². The van der Waals surface area contributed by atoms with E-state index in [1.165, 1.54) is 76.5 Å². The maximum absolute atomic E-state index is 2.44. The summed E-state index contributed by atoms with van der Waals surface area (Å²) in [6.07, 6.45) is 0. The first-order valence-electron chi connectivity index (χ1n) is 15.8. The first kappa shape index (κ1) is 25.3. The molecule has 0 saturated heterocycles. The molecule has 0 aliphatic heterocycles. The van der Waals surface area contributed by atoms with Gasteiger partial charge in [0.15, 0.2) is 0 Å². The van der Waals surface area contributed by atoms with Crippen LogP contribution in [0.4, 0.5) is 0 Å². The summed E-state index contributed by atoms with van der Waals surface area (Å²) in [5.74, 6) is 0. The van der Waals surface area contributed by atoms with E-state index >= 15 is 0 Å². The van der Waals surface area contributed by atoms with Gasteiger partial charge in [0.1, 0.15) is 0 Å². The average molecular weight is 588 g/mol. The lowest BCUT2D eigenvalue weighted by molar-refractivity contribution is 1.01. The number of fused-ring (bicyclic) bond motifs is 9. The van der Waals surface area contributed by atoms with Gasteiger partial charge in [0.25, 0.3) is 0 Å². The standard InChI is InChI=1S/C43H29N3/c1-44-41-25-29(28-11-3-2-4-12-28)19-22-35(41)36-23-20-30(26-42(36)44)46-40-18-10-7-15-34(40)37-24-21-31(27-43(37)46)45-38-16-8-5-13-32(38)33-14-6-9-17-39(33)45/h2-27H,1H3. The monoisotopic (exact) mass is 587 g/mol. The minimum absolute atomic E-state index is 1.16. The Bertz CT molecular complexity index is 2760. The smallest absolute Gasteiger partial charge is 0.0561 e. The third kappa shape index (κ3) is 3.48. The van der Waals surface area contributed by atoms with Crippen LogP contribution in [0.1, 0.15) is 0 Å². The minimum Gasteiger partial charge on any atom is -0.344 e. The Kier molecular flexibility index (Phi) is 5.20. The van der Waals surface area contributed by atoms with Gasteiger partial charge in [0.2, 0.25) is 0 Å². The summed E-state index contributed by atoms with van der Waals surface area (Å²) in [5.41, 5.74) is 12.1. The molecule has 0 bridgehead atoms. The Labute approximate surface area is 265 Å². The summed E-state index contributed by atoms with van der Waals surface area (Å²) < 4.78 is 7.19. The lowest BCUT2D eigenvalue weighted by Crippen LogP contribution is -1.97. The normalized spacial score (nSPS) is 12.0. The van der Waals surface area contributed by atoms with E-state index in [0.717, 1.165) is 11.4 Å². The molecular weight excluding hydrogens is 558 g/mol. The van der Waals surface area contributed by atoms with Crippen LogP contribution in [-0.4, -0.2) is 13.7 Å². The van der Waals surface area contributed by atoms with E-state index in [2.05, 4.69) is 178 Å². The van der Waals surface area contributed by atoms with Gasteiger partial charge in [0.05, 0.1) is 27.6 Å².